The van der Waals surface area contributed by atoms with Crippen LogP contribution >= 0.6 is 34.8 Å². The van der Waals surface area contributed by atoms with E-state index in [1.54, 1.807) is 30.3 Å². The molecule has 0 saturated carbocycles. The topological polar surface area (TPSA) is 95.2 Å². The Labute approximate surface area is 160 Å². The third-order valence-electron chi connectivity index (χ3n) is 3.05. The van der Waals surface area contributed by atoms with Crippen molar-refractivity contribution in [1.29, 1.82) is 0 Å². The summed E-state index contributed by atoms with van der Waals surface area (Å²) in [5.74, 6) is 0.775. The molecule has 132 valence electrons. The van der Waals surface area contributed by atoms with Gasteiger partial charge in [-0.05, 0) is 18.2 Å². The van der Waals surface area contributed by atoms with Crippen LogP contribution in [0.2, 0.25) is 15.1 Å². The molecule has 4 N–H and O–H groups in total. The lowest BCUT2D eigenvalue weighted by molar-refractivity contribution is 0.284. The molecule has 0 atom stereocenters. The smallest absolute Gasteiger partial charge is 0.211 e. The SMILES string of the molecule is COc1cc(C=NN=C(N)N)c(Cl)cc1OCc1ccc(Cl)cc1Cl. The molecule has 0 aliphatic heterocycles. The lowest BCUT2D eigenvalue weighted by atomic mass is 10.2. The summed E-state index contributed by atoms with van der Waals surface area (Å²) in [5, 5.41) is 8.70. The summed E-state index contributed by atoms with van der Waals surface area (Å²) >= 11 is 18.2. The number of halogens is 3. The summed E-state index contributed by atoms with van der Waals surface area (Å²) in [6, 6.07) is 8.44. The fraction of sp³-hybridized carbons (Fsp3) is 0.125. The number of methoxy groups -OCH3 is 1. The maximum Gasteiger partial charge on any atom is 0.211 e. The van der Waals surface area contributed by atoms with Crippen molar-refractivity contribution >= 4 is 47.0 Å². The van der Waals surface area contributed by atoms with Crippen molar-refractivity contribution in [3.05, 3.63) is 56.5 Å². The van der Waals surface area contributed by atoms with Crippen LogP contribution in [-0.4, -0.2) is 19.3 Å². The lowest BCUT2D eigenvalue weighted by Gasteiger charge is -2.13. The first-order chi connectivity index (χ1) is 11.9. The van der Waals surface area contributed by atoms with Gasteiger partial charge in [0.05, 0.1) is 18.3 Å². The molecule has 0 radical (unpaired) electrons. The molecule has 6 nitrogen and oxygen atoms in total. The molecule has 0 spiro atoms. The highest BCUT2D eigenvalue weighted by molar-refractivity contribution is 6.35. The van der Waals surface area contributed by atoms with Gasteiger partial charge in [-0.1, -0.05) is 40.9 Å². The van der Waals surface area contributed by atoms with Crippen LogP contribution in [0.15, 0.2) is 40.5 Å². The second-order valence-corrected chi connectivity index (χ2v) is 6.07. The van der Waals surface area contributed by atoms with Crippen LogP contribution in [0.3, 0.4) is 0 Å². The van der Waals surface area contributed by atoms with Crippen molar-refractivity contribution in [3.8, 4) is 11.5 Å². The van der Waals surface area contributed by atoms with Gasteiger partial charge >= 0.3 is 0 Å². The summed E-state index contributed by atoms with van der Waals surface area (Å²) in [4.78, 5) is 0. The summed E-state index contributed by atoms with van der Waals surface area (Å²) in [7, 11) is 1.52. The minimum atomic E-state index is -0.154. The second kappa shape index (κ2) is 8.80. The number of hydrogen-bond donors (Lipinski definition) is 2. The number of ether oxygens (including phenoxy) is 2. The van der Waals surface area contributed by atoms with E-state index in [1.807, 2.05) is 0 Å². The molecule has 9 heteroatoms. The molecule has 0 unspecified atom stereocenters. The van der Waals surface area contributed by atoms with Gasteiger partial charge in [-0.2, -0.15) is 5.10 Å². The minimum absolute atomic E-state index is 0.154. The molecule has 25 heavy (non-hydrogen) atoms. The zero-order chi connectivity index (χ0) is 18.4. The Hall–Kier alpha value is -2.15. The minimum Gasteiger partial charge on any atom is -0.493 e. The average molecular weight is 402 g/mol. The van der Waals surface area contributed by atoms with Crippen molar-refractivity contribution in [2.45, 2.75) is 6.61 Å². The Morgan fingerprint density at radius 3 is 2.48 bits per heavy atom. The molecular weight excluding hydrogens is 387 g/mol. The Morgan fingerprint density at radius 1 is 1.08 bits per heavy atom. The zero-order valence-electron chi connectivity index (χ0n) is 13.2. The summed E-state index contributed by atoms with van der Waals surface area (Å²) in [6.07, 6.45) is 1.41. The normalized spacial score (nSPS) is 10.7. The van der Waals surface area contributed by atoms with E-state index in [-0.39, 0.29) is 12.6 Å². The van der Waals surface area contributed by atoms with Crippen LogP contribution in [0.25, 0.3) is 0 Å². The van der Waals surface area contributed by atoms with Crippen LogP contribution in [0.4, 0.5) is 0 Å². The molecule has 0 saturated heterocycles. The van der Waals surface area contributed by atoms with Crippen molar-refractivity contribution in [2.75, 3.05) is 7.11 Å². The molecule has 2 aromatic rings. The van der Waals surface area contributed by atoms with Crippen molar-refractivity contribution < 1.29 is 9.47 Å². The number of hydrogen-bond acceptors (Lipinski definition) is 4. The van der Waals surface area contributed by atoms with Gasteiger partial charge in [0.25, 0.3) is 0 Å². The maximum absolute atomic E-state index is 6.23. The number of guanidine groups is 1. The van der Waals surface area contributed by atoms with Crippen molar-refractivity contribution in [1.82, 2.24) is 0 Å². The molecule has 2 aromatic carbocycles. The standard InChI is InChI=1S/C16H15Cl3N4O2/c1-24-14-4-10(7-22-23-16(20)21)13(19)6-15(14)25-8-9-2-3-11(17)5-12(9)18/h2-7H,8H2,1H3,(H4,20,21,23). The number of rotatable bonds is 6. The predicted octanol–water partition coefficient (Wildman–Crippen LogP) is 3.84. The van der Waals surface area contributed by atoms with E-state index < -0.39 is 0 Å². The molecule has 2 rings (SSSR count). The summed E-state index contributed by atoms with van der Waals surface area (Å²) in [5.41, 5.74) is 11.8. The van der Waals surface area contributed by atoms with Gasteiger partial charge in [-0.3, -0.25) is 0 Å². The number of nitrogens with zero attached hydrogens (tertiary/aromatic N) is 2. The van der Waals surface area contributed by atoms with E-state index in [4.69, 9.17) is 55.7 Å². The Kier molecular flexibility index (Phi) is 6.75. The molecule has 0 fully saturated rings. The Balaban J connectivity index is 2.22. The van der Waals surface area contributed by atoms with E-state index in [2.05, 4.69) is 10.2 Å². The lowest BCUT2D eigenvalue weighted by Crippen LogP contribution is -2.21. The van der Waals surface area contributed by atoms with Gasteiger partial charge in [0.1, 0.15) is 6.61 Å². The first-order valence-electron chi connectivity index (χ1n) is 6.97. The highest BCUT2D eigenvalue weighted by atomic mass is 35.5. The quantitative estimate of drug-likeness (QED) is 0.437. The summed E-state index contributed by atoms with van der Waals surface area (Å²) < 4.78 is 11.1. The van der Waals surface area contributed by atoms with Crippen molar-refractivity contribution in [2.24, 2.45) is 21.7 Å². The Bertz CT molecular complexity index is 821. The first kappa shape index (κ1) is 19.2. The summed E-state index contributed by atoms with van der Waals surface area (Å²) in [6.45, 7) is 0.226. The van der Waals surface area contributed by atoms with E-state index >= 15 is 0 Å². The van der Waals surface area contributed by atoms with Crippen LogP contribution in [0.1, 0.15) is 11.1 Å². The number of benzene rings is 2. The predicted molar refractivity (Wildman–Crippen MR) is 102 cm³/mol. The molecule has 0 aliphatic rings. The highest BCUT2D eigenvalue weighted by Gasteiger charge is 2.11. The van der Waals surface area contributed by atoms with E-state index in [9.17, 15) is 0 Å². The molecule has 0 aromatic heterocycles. The maximum atomic E-state index is 6.23. The third kappa shape index (κ3) is 5.42. The molecule has 0 amide bonds. The van der Waals surface area contributed by atoms with Crippen molar-refractivity contribution in [3.63, 3.8) is 0 Å². The highest BCUT2D eigenvalue weighted by Crippen LogP contribution is 2.34. The van der Waals surface area contributed by atoms with Gasteiger partial charge < -0.3 is 20.9 Å². The van der Waals surface area contributed by atoms with Gasteiger partial charge in [0.2, 0.25) is 5.96 Å². The van der Waals surface area contributed by atoms with Crippen LogP contribution in [-0.2, 0) is 6.61 Å². The second-order valence-electron chi connectivity index (χ2n) is 4.82. The monoisotopic (exact) mass is 400 g/mol. The fourth-order valence-corrected chi connectivity index (χ4v) is 2.54. The van der Waals surface area contributed by atoms with Gasteiger partial charge in [0.15, 0.2) is 11.5 Å². The zero-order valence-corrected chi connectivity index (χ0v) is 15.4. The fourth-order valence-electron chi connectivity index (χ4n) is 1.87. The molecule has 0 heterocycles. The third-order valence-corrected chi connectivity index (χ3v) is 3.97. The van der Waals surface area contributed by atoms with Crippen LogP contribution < -0.4 is 20.9 Å². The van der Waals surface area contributed by atoms with Crippen LogP contribution in [0.5, 0.6) is 11.5 Å². The van der Waals surface area contributed by atoms with Gasteiger partial charge in [0, 0.05) is 27.2 Å². The largest absolute Gasteiger partial charge is 0.493 e. The van der Waals surface area contributed by atoms with Crippen LogP contribution in [0, 0.1) is 0 Å². The van der Waals surface area contributed by atoms with E-state index in [0.29, 0.717) is 32.1 Å². The average Bonchev–Trinajstić information content (AvgIpc) is 2.55. The van der Waals surface area contributed by atoms with Gasteiger partial charge in [-0.25, -0.2) is 0 Å². The van der Waals surface area contributed by atoms with E-state index in [0.717, 1.165) is 5.56 Å². The van der Waals surface area contributed by atoms with Gasteiger partial charge in [-0.15, -0.1) is 5.10 Å². The van der Waals surface area contributed by atoms with E-state index in [1.165, 1.54) is 13.3 Å². The molecule has 0 aliphatic carbocycles. The first-order valence-corrected chi connectivity index (χ1v) is 8.10. The molecule has 0 bridgehead atoms. The Morgan fingerprint density at radius 2 is 1.84 bits per heavy atom. The molecular formula is C16H15Cl3N4O2. The number of nitrogens with two attached hydrogens (primary N) is 2.